The Bertz CT molecular complexity index is 279. The van der Waals surface area contributed by atoms with Gasteiger partial charge < -0.3 is 9.47 Å². The zero-order chi connectivity index (χ0) is 7.52. The summed E-state index contributed by atoms with van der Waals surface area (Å²) in [6.07, 6.45) is 3.02. The van der Waals surface area contributed by atoms with Crippen LogP contribution in [0.4, 0.5) is 0 Å². The third kappa shape index (κ3) is 1.19. The predicted molar refractivity (Wildman–Crippen MR) is 40.7 cm³/mol. The molecule has 1 aromatic rings. The maximum Gasteiger partial charge on any atom is 0.168 e. The van der Waals surface area contributed by atoms with Crippen LogP contribution in [0.3, 0.4) is 0 Å². The van der Waals surface area contributed by atoms with Gasteiger partial charge in [-0.1, -0.05) is 18.2 Å². The van der Waals surface area contributed by atoms with Gasteiger partial charge in [0.25, 0.3) is 0 Å². The zero-order valence-corrected chi connectivity index (χ0v) is 5.86. The lowest BCUT2D eigenvalue weighted by Gasteiger charge is -2.01. The van der Waals surface area contributed by atoms with Crippen LogP contribution in [0.1, 0.15) is 5.56 Å². The highest BCUT2D eigenvalue weighted by atomic mass is 16.5. The fourth-order valence-electron chi connectivity index (χ4n) is 0.931. The molecule has 0 amide bonds. The lowest BCUT2D eigenvalue weighted by molar-refractivity contribution is 0.349. The van der Waals surface area contributed by atoms with Crippen molar-refractivity contribution in [3.05, 3.63) is 49.0 Å². The monoisotopic (exact) mass is 147 g/mol. The van der Waals surface area contributed by atoms with Crippen molar-refractivity contribution in [1.29, 1.82) is 0 Å². The lowest BCUT2D eigenvalue weighted by atomic mass is 10.2. The second-order valence-corrected chi connectivity index (χ2v) is 2.18. The minimum absolute atomic E-state index is 0.821. The third-order valence-electron chi connectivity index (χ3n) is 1.44. The smallest absolute Gasteiger partial charge is 0.168 e. The van der Waals surface area contributed by atoms with Gasteiger partial charge in [0, 0.05) is 5.56 Å². The van der Waals surface area contributed by atoms with E-state index in [0.717, 1.165) is 11.3 Å². The first-order valence-electron chi connectivity index (χ1n) is 3.36. The fourth-order valence-corrected chi connectivity index (χ4v) is 0.931. The maximum atomic E-state index is 5.21. The molecule has 1 aromatic carbocycles. The Balaban J connectivity index is 2.40. The van der Waals surface area contributed by atoms with Crippen LogP contribution < -0.4 is 4.74 Å². The van der Waals surface area contributed by atoms with Crippen molar-refractivity contribution < 1.29 is 9.47 Å². The van der Waals surface area contributed by atoms with E-state index in [1.165, 1.54) is 12.5 Å². The van der Waals surface area contributed by atoms with E-state index in [-0.39, 0.29) is 0 Å². The summed E-state index contributed by atoms with van der Waals surface area (Å²) in [5, 5.41) is 0. The van der Waals surface area contributed by atoms with Crippen LogP contribution in [0.5, 0.6) is 5.75 Å². The number of benzene rings is 1. The van der Waals surface area contributed by atoms with E-state index < -0.39 is 0 Å². The van der Waals surface area contributed by atoms with Crippen LogP contribution in [0, 0.1) is 6.61 Å². The molecule has 0 spiro atoms. The van der Waals surface area contributed by atoms with E-state index in [9.17, 15) is 0 Å². The largest absolute Gasteiger partial charge is 0.486 e. The van der Waals surface area contributed by atoms with Gasteiger partial charge in [-0.15, -0.1) is 0 Å². The number of rotatable bonds is 0. The average Bonchev–Trinajstić information content (AvgIpc) is 2.28. The highest BCUT2D eigenvalue weighted by Crippen LogP contribution is 2.22. The fraction of sp³-hybridized carbons (Fsp3) is 0. The molecule has 1 heterocycles. The quantitative estimate of drug-likeness (QED) is 0.559. The summed E-state index contributed by atoms with van der Waals surface area (Å²) in [4.78, 5) is 0. The van der Waals surface area contributed by atoms with Crippen molar-refractivity contribution in [1.82, 2.24) is 0 Å². The molecule has 0 aromatic heterocycles. The number of hydrogen-bond donors (Lipinski definition) is 0. The summed E-state index contributed by atoms with van der Waals surface area (Å²) < 4.78 is 10.2. The maximum absolute atomic E-state index is 5.21. The van der Waals surface area contributed by atoms with Crippen LogP contribution in [0.2, 0.25) is 0 Å². The van der Waals surface area contributed by atoms with Gasteiger partial charge >= 0.3 is 0 Å². The molecule has 0 fully saturated rings. The standard InChI is InChI=1S/C9H7O2/c1-2-4-9-8(3-1)7-10-5-6-11-9/h1-7H. The van der Waals surface area contributed by atoms with E-state index in [1.54, 1.807) is 6.61 Å². The van der Waals surface area contributed by atoms with Gasteiger partial charge in [-0.05, 0) is 6.07 Å². The van der Waals surface area contributed by atoms with E-state index in [4.69, 9.17) is 9.47 Å². The van der Waals surface area contributed by atoms with Crippen LogP contribution in [0.25, 0.3) is 0 Å². The normalized spacial score (nSPS) is 14.2. The van der Waals surface area contributed by atoms with E-state index in [0.29, 0.717) is 0 Å². The van der Waals surface area contributed by atoms with Crippen LogP contribution in [-0.4, -0.2) is 0 Å². The summed E-state index contributed by atoms with van der Waals surface area (Å²) in [5.74, 6) is 0.821. The van der Waals surface area contributed by atoms with Gasteiger partial charge in [-0.3, -0.25) is 0 Å². The number of fused-ring (bicyclic) bond motifs is 1. The topological polar surface area (TPSA) is 18.5 Å². The Morgan fingerprint density at radius 1 is 1.00 bits per heavy atom. The Morgan fingerprint density at radius 3 is 2.91 bits per heavy atom. The molecule has 0 atom stereocenters. The molecule has 0 N–H and O–H groups in total. The highest BCUT2D eigenvalue weighted by Gasteiger charge is 2.04. The summed E-state index contributed by atoms with van der Waals surface area (Å²) in [5.41, 5.74) is 0.956. The molecule has 0 bridgehead atoms. The minimum Gasteiger partial charge on any atom is -0.486 e. The Morgan fingerprint density at radius 2 is 1.91 bits per heavy atom. The summed E-state index contributed by atoms with van der Waals surface area (Å²) in [7, 11) is 0. The molecule has 2 nitrogen and oxygen atoms in total. The molecule has 0 saturated heterocycles. The molecule has 1 aliphatic rings. The van der Waals surface area contributed by atoms with Gasteiger partial charge in [0.1, 0.15) is 18.3 Å². The second kappa shape index (κ2) is 2.66. The summed E-state index contributed by atoms with van der Waals surface area (Å²) in [6.45, 7) is 1.65. The van der Waals surface area contributed by atoms with Crippen LogP contribution >= 0.6 is 0 Å². The van der Waals surface area contributed by atoms with Crippen LogP contribution in [0.15, 0.2) is 36.8 Å². The molecule has 1 aliphatic heterocycles. The first-order valence-corrected chi connectivity index (χ1v) is 3.36. The molecular weight excluding hydrogens is 140 g/mol. The first kappa shape index (κ1) is 6.28. The molecular formula is C9H7O2. The molecule has 1 radical (unpaired) electrons. The van der Waals surface area contributed by atoms with Crippen molar-refractivity contribution >= 4 is 0 Å². The molecule has 2 rings (SSSR count). The lowest BCUT2D eigenvalue weighted by Crippen LogP contribution is -1.85. The van der Waals surface area contributed by atoms with Crippen molar-refractivity contribution in [2.45, 2.75) is 0 Å². The van der Waals surface area contributed by atoms with Gasteiger partial charge in [0.2, 0.25) is 0 Å². The molecule has 0 aliphatic carbocycles. The summed E-state index contributed by atoms with van der Waals surface area (Å²) in [6, 6.07) is 7.69. The Labute approximate surface area is 65.1 Å². The van der Waals surface area contributed by atoms with Crippen molar-refractivity contribution in [3.63, 3.8) is 0 Å². The third-order valence-corrected chi connectivity index (χ3v) is 1.44. The van der Waals surface area contributed by atoms with Gasteiger partial charge in [0.15, 0.2) is 6.61 Å². The molecule has 2 heteroatoms. The molecule has 0 unspecified atom stereocenters. The number of hydrogen-bond acceptors (Lipinski definition) is 2. The highest BCUT2D eigenvalue weighted by molar-refractivity contribution is 5.38. The van der Waals surface area contributed by atoms with Crippen LogP contribution in [-0.2, 0) is 4.74 Å². The van der Waals surface area contributed by atoms with Crippen molar-refractivity contribution in [2.24, 2.45) is 0 Å². The summed E-state index contributed by atoms with van der Waals surface area (Å²) >= 11 is 0. The molecule has 55 valence electrons. The van der Waals surface area contributed by atoms with E-state index >= 15 is 0 Å². The Hall–Kier alpha value is -1.44. The van der Waals surface area contributed by atoms with Crippen molar-refractivity contribution in [3.8, 4) is 5.75 Å². The molecule has 11 heavy (non-hydrogen) atoms. The number of ether oxygens (including phenoxy) is 2. The zero-order valence-electron chi connectivity index (χ0n) is 5.86. The minimum atomic E-state index is 0.821. The number of para-hydroxylation sites is 1. The second-order valence-electron chi connectivity index (χ2n) is 2.18. The van der Waals surface area contributed by atoms with E-state index in [1.807, 2.05) is 24.3 Å². The van der Waals surface area contributed by atoms with E-state index in [2.05, 4.69) is 0 Å². The van der Waals surface area contributed by atoms with Gasteiger partial charge in [0.05, 0.1) is 0 Å². The SMILES string of the molecule is [CH]1OC=COc2ccccc21. The van der Waals surface area contributed by atoms with Crippen molar-refractivity contribution in [2.75, 3.05) is 0 Å². The Kier molecular flexibility index (Phi) is 1.52. The molecule has 0 saturated carbocycles. The predicted octanol–water partition coefficient (Wildman–Crippen LogP) is 2.08. The van der Waals surface area contributed by atoms with Gasteiger partial charge in [-0.2, -0.15) is 0 Å². The first-order chi connectivity index (χ1) is 5.47. The average molecular weight is 147 g/mol. The van der Waals surface area contributed by atoms with Gasteiger partial charge in [-0.25, -0.2) is 0 Å².